The Labute approximate surface area is 135 Å². The van der Waals surface area contributed by atoms with Gasteiger partial charge in [-0.25, -0.2) is 4.85 Å². The molecule has 0 N–H and O–H groups in total. The minimum Gasteiger partial charge on any atom is -0.341 e. The molecular weight excluding hydrogens is 288 g/mol. The first-order valence-corrected chi connectivity index (χ1v) is 7.53. The van der Waals surface area contributed by atoms with E-state index >= 15 is 0 Å². The maximum Gasteiger partial charge on any atom is 0.240 e. The number of likely N-dealkylation sites (N-methyl/N-ethyl adjacent to an activating group) is 1. The molecule has 2 aliphatic rings. The van der Waals surface area contributed by atoms with Crippen LogP contribution in [0.3, 0.4) is 0 Å². The molecule has 0 bridgehead atoms. The van der Waals surface area contributed by atoms with Gasteiger partial charge < -0.3 is 9.69 Å². The Morgan fingerprint density at radius 2 is 1.83 bits per heavy atom. The summed E-state index contributed by atoms with van der Waals surface area (Å²) in [6.45, 7) is 11.4. The summed E-state index contributed by atoms with van der Waals surface area (Å²) in [5, 5.41) is 0. The van der Waals surface area contributed by atoms with Crippen molar-refractivity contribution in [3.63, 3.8) is 0 Å². The fourth-order valence-electron chi connectivity index (χ4n) is 3.64. The summed E-state index contributed by atoms with van der Waals surface area (Å²) in [7, 11) is 1.75. The van der Waals surface area contributed by atoms with E-state index < -0.39 is 10.8 Å². The Kier molecular flexibility index (Phi) is 3.26. The number of carbonyl (C=O) groups is 2. The van der Waals surface area contributed by atoms with Crippen molar-refractivity contribution >= 4 is 11.7 Å². The van der Waals surface area contributed by atoms with E-state index in [1.807, 2.05) is 36.4 Å². The summed E-state index contributed by atoms with van der Waals surface area (Å²) < 4.78 is 0. The van der Waals surface area contributed by atoms with Gasteiger partial charge in [-0.2, -0.15) is 0 Å². The molecule has 3 rings (SSSR count). The molecule has 0 aromatic heterocycles. The van der Waals surface area contributed by atoms with E-state index in [4.69, 9.17) is 6.57 Å². The second-order valence-electron chi connectivity index (χ2n) is 6.57. The van der Waals surface area contributed by atoms with E-state index in [9.17, 15) is 9.59 Å². The van der Waals surface area contributed by atoms with Crippen LogP contribution in [0.4, 0.5) is 0 Å². The zero-order valence-electron chi connectivity index (χ0n) is 13.5. The van der Waals surface area contributed by atoms with E-state index in [0.29, 0.717) is 6.54 Å². The summed E-state index contributed by atoms with van der Waals surface area (Å²) in [6.07, 6.45) is 3.52. The summed E-state index contributed by atoms with van der Waals surface area (Å²) in [4.78, 5) is 30.9. The van der Waals surface area contributed by atoms with E-state index in [2.05, 4.69) is 4.85 Å². The van der Waals surface area contributed by atoms with Crippen LogP contribution >= 0.6 is 0 Å². The molecule has 0 saturated carbocycles. The molecule has 4 heteroatoms. The van der Waals surface area contributed by atoms with E-state index in [-0.39, 0.29) is 17.4 Å². The molecule has 0 saturated heterocycles. The van der Waals surface area contributed by atoms with Crippen molar-refractivity contribution in [2.45, 2.75) is 19.3 Å². The van der Waals surface area contributed by atoms with Gasteiger partial charge in [0, 0.05) is 19.0 Å². The van der Waals surface area contributed by atoms with Crippen LogP contribution in [0, 0.1) is 12.0 Å². The van der Waals surface area contributed by atoms with E-state index in [0.717, 1.165) is 11.1 Å². The molecule has 1 atom stereocenters. The lowest BCUT2D eigenvalue weighted by atomic mass is 9.57. The number of ketones is 1. The van der Waals surface area contributed by atoms with Gasteiger partial charge in [-0.15, -0.1) is 0 Å². The summed E-state index contributed by atoms with van der Waals surface area (Å²) in [6, 6.07) is 9.40. The van der Waals surface area contributed by atoms with E-state index in [1.165, 1.54) is 0 Å². The number of nitrogens with zero attached hydrogens (tertiary/aromatic N) is 2. The Hall–Kier alpha value is -2.67. The van der Waals surface area contributed by atoms with Crippen LogP contribution in [0.25, 0.3) is 4.85 Å². The third-order valence-corrected chi connectivity index (χ3v) is 4.85. The minimum atomic E-state index is -1.06. The number of benzene rings is 1. The maximum atomic E-state index is 13.2. The van der Waals surface area contributed by atoms with Crippen LogP contribution < -0.4 is 0 Å². The number of carbonyl (C=O) groups excluding carboxylic acids is 2. The molecule has 23 heavy (non-hydrogen) atoms. The van der Waals surface area contributed by atoms with Crippen LogP contribution in [0.15, 0.2) is 53.8 Å². The average molecular weight is 306 g/mol. The molecule has 0 unspecified atom stereocenters. The van der Waals surface area contributed by atoms with Gasteiger partial charge in [0.15, 0.2) is 5.78 Å². The summed E-state index contributed by atoms with van der Waals surface area (Å²) in [5.41, 5.74) is -0.326. The van der Waals surface area contributed by atoms with Crippen LogP contribution in [0.1, 0.15) is 19.4 Å². The third kappa shape index (κ3) is 1.90. The Balaban J connectivity index is 2.42. The summed E-state index contributed by atoms with van der Waals surface area (Å²) in [5.74, 6) is -0.314. The number of rotatable bonds is 1. The Bertz CT molecular complexity index is 796. The molecule has 0 radical (unpaired) electrons. The highest BCUT2D eigenvalue weighted by atomic mass is 16.2. The molecular formula is C19H18N2O2. The number of allylic oxidation sites excluding steroid dienone is 1. The van der Waals surface area contributed by atoms with Crippen molar-refractivity contribution in [1.29, 1.82) is 0 Å². The van der Waals surface area contributed by atoms with Gasteiger partial charge in [-0.3, -0.25) is 4.79 Å². The predicted molar refractivity (Wildman–Crippen MR) is 87.3 cm³/mol. The van der Waals surface area contributed by atoms with Crippen molar-refractivity contribution in [3.05, 3.63) is 70.7 Å². The van der Waals surface area contributed by atoms with Gasteiger partial charge in [0.2, 0.25) is 11.6 Å². The lowest BCUT2D eigenvalue weighted by molar-refractivity contribution is -0.135. The highest BCUT2D eigenvalue weighted by Gasteiger charge is 2.56. The van der Waals surface area contributed by atoms with Crippen molar-refractivity contribution in [2.24, 2.45) is 5.41 Å². The Morgan fingerprint density at radius 3 is 2.43 bits per heavy atom. The normalized spacial score (nSPS) is 26.1. The zero-order valence-corrected chi connectivity index (χ0v) is 13.5. The second-order valence-corrected chi connectivity index (χ2v) is 6.57. The molecule has 4 nitrogen and oxygen atoms in total. The molecule has 1 aromatic rings. The monoisotopic (exact) mass is 306 g/mol. The fraction of sp³-hybridized carbons (Fsp3) is 0.316. The van der Waals surface area contributed by atoms with Crippen LogP contribution in [0.5, 0.6) is 0 Å². The van der Waals surface area contributed by atoms with Crippen molar-refractivity contribution in [1.82, 2.24) is 4.90 Å². The number of amides is 1. The van der Waals surface area contributed by atoms with Gasteiger partial charge in [0.1, 0.15) is 5.41 Å². The van der Waals surface area contributed by atoms with Crippen LogP contribution in [0.2, 0.25) is 0 Å². The van der Waals surface area contributed by atoms with Crippen molar-refractivity contribution in [3.8, 4) is 0 Å². The summed E-state index contributed by atoms with van der Waals surface area (Å²) >= 11 is 0. The van der Waals surface area contributed by atoms with Crippen LogP contribution in [-0.2, 0) is 15.0 Å². The lowest BCUT2D eigenvalue weighted by Gasteiger charge is -2.48. The molecule has 0 fully saturated rings. The quantitative estimate of drug-likeness (QED) is 0.591. The van der Waals surface area contributed by atoms with Gasteiger partial charge >= 0.3 is 0 Å². The average Bonchev–Trinajstić information content (AvgIpc) is 2.55. The minimum absolute atomic E-state index is 0.0413. The standard InChI is InChI=1S/C19H18N2O2/c1-18(2)15-10-11-21(4)17(23)19(15,12-14(20-3)16(18)22)13-8-6-5-7-9-13/h5-10,12H,11H2,1-2,4H3/t19-/m1/s1. The molecule has 116 valence electrons. The van der Waals surface area contributed by atoms with Gasteiger partial charge in [-0.1, -0.05) is 56.3 Å². The number of hydrogen-bond acceptors (Lipinski definition) is 2. The van der Waals surface area contributed by atoms with Gasteiger partial charge in [-0.05, 0) is 11.1 Å². The second kappa shape index (κ2) is 4.92. The molecule has 1 heterocycles. The highest BCUT2D eigenvalue weighted by molar-refractivity contribution is 6.10. The van der Waals surface area contributed by atoms with Gasteiger partial charge in [0.05, 0.1) is 6.57 Å². The number of hydrogen-bond donors (Lipinski definition) is 0. The largest absolute Gasteiger partial charge is 0.341 e. The van der Waals surface area contributed by atoms with Crippen molar-refractivity contribution in [2.75, 3.05) is 13.6 Å². The van der Waals surface area contributed by atoms with Crippen molar-refractivity contribution < 1.29 is 9.59 Å². The molecule has 1 aliphatic heterocycles. The fourth-order valence-corrected chi connectivity index (χ4v) is 3.64. The number of fused-ring (bicyclic) bond motifs is 1. The number of Topliss-reactive ketones (excluding diaryl/α,β-unsaturated/α-hetero) is 1. The first-order chi connectivity index (χ1) is 10.9. The van der Waals surface area contributed by atoms with Crippen LogP contribution in [-0.4, -0.2) is 30.2 Å². The predicted octanol–water partition coefficient (Wildman–Crippen LogP) is 2.73. The third-order valence-electron chi connectivity index (χ3n) is 4.85. The Morgan fingerprint density at radius 1 is 1.17 bits per heavy atom. The SMILES string of the molecule is [C-]#[N+]C1=C[C@]2(c3ccccc3)C(=O)N(C)CC=C2C(C)(C)C1=O. The molecule has 0 spiro atoms. The highest BCUT2D eigenvalue weighted by Crippen LogP contribution is 2.51. The smallest absolute Gasteiger partial charge is 0.240 e. The molecule has 1 aromatic carbocycles. The molecule has 1 aliphatic carbocycles. The van der Waals surface area contributed by atoms with Gasteiger partial charge in [0.25, 0.3) is 0 Å². The first-order valence-electron chi connectivity index (χ1n) is 7.53. The first kappa shape index (κ1) is 15.2. The topological polar surface area (TPSA) is 41.7 Å². The molecule has 1 amide bonds. The zero-order chi connectivity index (χ0) is 16.8. The van der Waals surface area contributed by atoms with E-state index in [1.54, 1.807) is 31.9 Å². The lowest BCUT2D eigenvalue weighted by Crippen LogP contribution is -2.55. The maximum absolute atomic E-state index is 13.2.